The molecule has 0 saturated heterocycles. The molecule has 148 valence electrons. The summed E-state index contributed by atoms with van der Waals surface area (Å²) in [4.78, 5) is 45.0. The smallest absolute Gasteiger partial charge is 0.327 e. The Labute approximate surface area is 166 Å². The standard InChI is InChI=1S/C22H22N4O3/c1-22(2)7-6-11-9-16(13-4-3-5-15(22)17(11)13)24-19(27)12-8-14-18(23-10-12)25-21(29)26-20(14)28/h3-5,8,10-11,16H,6-7,9H2,1-2H3,(H,24,27)(H2,23,25,26,28,29)/t11-,16+/m1/s1. The Balaban J connectivity index is 1.48. The van der Waals surface area contributed by atoms with Crippen LogP contribution in [0.4, 0.5) is 0 Å². The number of pyridine rings is 1. The number of aromatic nitrogens is 3. The second kappa shape index (κ2) is 6.14. The number of nitrogens with zero attached hydrogens (tertiary/aromatic N) is 1. The maximum absolute atomic E-state index is 12.9. The molecule has 2 aromatic heterocycles. The monoisotopic (exact) mass is 390 g/mol. The van der Waals surface area contributed by atoms with Gasteiger partial charge in [0.05, 0.1) is 17.0 Å². The van der Waals surface area contributed by atoms with Crippen molar-refractivity contribution >= 4 is 16.9 Å². The summed E-state index contributed by atoms with van der Waals surface area (Å²) in [7, 11) is 0. The first-order valence-corrected chi connectivity index (χ1v) is 9.90. The van der Waals surface area contributed by atoms with Crippen molar-refractivity contribution in [1.82, 2.24) is 20.3 Å². The van der Waals surface area contributed by atoms with E-state index in [-0.39, 0.29) is 28.4 Å². The van der Waals surface area contributed by atoms with Gasteiger partial charge in [0.15, 0.2) is 0 Å². The Morgan fingerprint density at radius 3 is 2.90 bits per heavy atom. The topological polar surface area (TPSA) is 108 Å². The summed E-state index contributed by atoms with van der Waals surface area (Å²) in [6.07, 6.45) is 4.55. The molecule has 1 amide bonds. The van der Waals surface area contributed by atoms with Crippen molar-refractivity contribution in [2.75, 3.05) is 0 Å². The fourth-order valence-electron chi connectivity index (χ4n) is 4.94. The summed E-state index contributed by atoms with van der Waals surface area (Å²) >= 11 is 0. The highest BCUT2D eigenvalue weighted by atomic mass is 16.2. The maximum atomic E-state index is 12.9. The Kier molecular flexibility index (Phi) is 3.78. The number of nitrogens with one attached hydrogen (secondary N) is 3. The summed E-state index contributed by atoms with van der Waals surface area (Å²) in [5.41, 5.74) is 3.43. The van der Waals surface area contributed by atoms with E-state index in [9.17, 15) is 14.4 Å². The van der Waals surface area contributed by atoms with E-state index < -0.39 is 11.2 Å². The van der Waals surface area contributed by atoms with Crippen LogP contribution >= 0.6 is 0 Å². The minimum Gasteiger partial charge on any atom is -0.345 e. The molecule has 2 aliphatic carbocycles. The Hall–Kier alpha value is -3.22. The molecular weight excluding hydrogens is 368 g/mol. The van der Waals surface area contributed by atoms with E-state index in [1.807, 2.05) is 0 Å². The lowest BCUT2D eigenvalue weighted by atomic mass is 9.69. The van der Waals surface area contributed by atoms with Crippen LogP contribution in [0.3, 0.4) is 0 Å². The number of carbonyl (C=O) groups is 1. The second-order valence-corrected chi connectivity index (χ2v) is 8.72. The fraction of sp³-hybridized carbons (Fsp3) is 0.364. The minimum absolute atomic E-state index is 0.0547. The average molecular weight is 390 g/mol. The molecule has 29 heavy (non-hydrogen) atoms. The molecule has 3 N–H and O–H groups in total. The van der Waals surface area contributed by atoms with Crippen LogP contribution in [0.2, 0.25) is 0 Å². The largest absolute Gasteiger partial charge is 0.345 e. The molecule has 0 saturated carbocycles. The molecule has 0 unspecified atom stereocenters. The van der Waals surface area contributed by atoms with Crippen LogP contribution in [0.15, 0.2) is 40.1 Å². The van der Waals surface area contributed by atoms with E-state index >= 15 is 0 Å². The summed E-state index contributed by atoms with van der Waals surface area (Å²) in [5, 5.41) is 3.31. The van der Waals surface area contributed by atoms with Gasteiger partial charge in [-0.05, 0) is 53.4 Å². The van der Waals surface area contributed by atoms with Crippen molar-refractivity contribution in [2.24, 2.45) is 0 Å². The molecule has 0 aliphatic heterocycles. The SMILES string of the molecule is CC1(C)CC[C@@H]2C[C@H](NC(=O)c3cnc4[nH]c(=O)[nH]c(=O)c4c3)c3cccc1c32. The molecule has 1 aromatic carbocycles. The predicted octanol–water partition coefficient (Wildman–Crippen LogP) is 2.64. The molecule has 2 atom stereocenters. The summed E-state index contributed by atoms with van der Waals surface area (Å²) in [5.74, 6) is 0.202. The highest BCUT2D eigenvalue weighted by molar-refractivity contribution is 5.97. The molecule has 7 heteroatoms. The number of benzene rings is 1. The van der Waals surface area contributed by atoms with Crippen LogP contribution in [-0.2, 0) is 5.41 Å². The van der Waals surface area contributed by atoms with E-state index in [2.05, 4.69) is 52.3 Å². The normalized spacial score (nSPS) is 21.7. The molecule has 7 nitrogen and oxygen atoms in total. The maximum Gasteiger partial charge on any atom is 0.327 e. The van der Waals surface area contributed by atoms with E-state index in [0.717, 1.165) is 19.3 Å². The van der Waals surface area contributed by atoms with Gasteiger partial charge in [-0.2, -0.15) is 0 Å². The van der Waals surface area contributed by atoms with E-state index in [1.165, 1.54) is 29.0 Å². The lowest BCUT2D eigenvalue weighted by Crippen LogP contribution is -2.28. The van der Waals surface area contributed by atoms with E-state index in [1.54, 1.807) is 0 Å². The summed E-state index contributed by atoms with van der Waals surface area (Å²) < 4.78 is 0. The Morgan fingerprint density at radius 2 is 2.07 bits per heavy atom. The minimum atomic E-state index is -0.620. The molecular formula is C22H22N4O3. The van der Waals surface area contributed by atoms with Crippen molar-refractivity contribution < 1.29 is 4.79 Å². The van der Waals surface area contributed by atoms with Crippen molar-refractivity contribution in [3.63, 3.8) is 0 Å². The third kappa shape index (κ3) is 2.80. The lowest BCUT2D eigenvalue weighted by Gasteiger charge is -2.35. The third-order valence-corrected chi connectivity index (χ3v) is 6.45. The van der Waals surface area contributed by atoms with Gasteiger partial charge in [-0.3, -0.25) is 19.6 Å². The van der Waals surface area contributed by atoms with Crippen molar-refractivity contribution in [2.45, 2.75) is 50.5 Å². The first-order valence-electron chi connectivity index (χ1n) is 9.90. The van der Waals surface area contributed by atoms with Crippen LogP contribution < -0.4 is 16.6 Å². The van der Waals surface area contributed by atoms with Gasteiger partial charge >= 0.3 is 5.69 Å². The quantitative estimate of drug-likeness (QED) is 0.625. The predicted molar refractivity (Wildman–Crippen MR) is 109 cm³/mol. The van der Waals surface area contributed by atoms with E-state index in [4.69, 9.17) is 0 Å². The van der Waals surface area contributed by atoms with Crippen molar-refractivity contribution in [3.05, 3.63) is 73.6 Å². The van der Waals surface area contributed by atoms with Crippen LogP contribution in [-0.4, -0.2) is 20.9 Å². The zero-order valence-corrected chi connectivity index (χ0v) is 16.3. The number of fused-ring (bicyclic) bond motifs is 1. The molecule has 0 radical (unpaired) electrons. The van der Waals surface area contributed by atoms with Gasteiger partial charge in [-0.15, -0.1) is 0 Å². The number of rotatable bonds is 2. The highest BCUT2D eigenvalue weighted by Gasteiger charge is 2.40. The third-order valence-electron chi connectivity index (χ3n) is 6.45. The number of carbonyl (C=O) groups excluding carboxylic acids is 1. The van der Waals surface area contributed by atoms with Crippen LogP contribution in [0.25, 0.3) is 11.0 Å². The molecule has 2 heterocycles. The second-order valence-electron chi connectivity index (χ2n) is 8.72. The van der Waals surface area contributed by atoms with Gasteiger partial charge in [0.25, 0.3) is 11.5 Å². The Morgan fingerprint density at radius 1 is 1.24 bits per heavy atom. The zero-order valence-electron chi connectivity index (χ0n) is 16.3. The lowest BCUT2D eigenvalue weighted by molar-refractivity contribution is 0.0935. The van der Waals surface area contributed by atoms with Gasteiger partial charge in [0.2, 0.25) is 0 Å². The molecule has 3 aromatic rings. The zero-order chi connectivity index (χ0) is 20.3. The van der Waals surface area contributed by atoms with Gasteiger partial charge in [0, 0.05) is 6.20 Å². The van der Waals surface area contributed by atoms with Crippen molar-refractivity contribution in [3.8, 4) is 0 Å². The van der Waals surface area contributed by atoms with Gasteiger partial charge in [-0.25, -0.2) is 9.78 Å². The molecule has 5 rings (SSSR count). The van der Waals surface area contributed by atoms with Gasteiger partial charge in [0.1, 0.15) is 5.65 Å². The van der Waals surface area contributed by atoms with Gasteiger partial charge < -0.3 is 5.32 Å². The molecule has 2 aliphatic rings. The fourth-order valence-corrected chi connectivity index (χ4v) is 4.94. The summed E-state index contributed by atoms with van der Waals surface area (Å²) in [6.45, 7) is 4.57. The summed E-state index contributed by atoms with van der Waals surface area (Å²) in [6, 6.07) is 7.82. The Bertz CT molecular complexity index is 1270. The number of aromatic amines is 2. The number of hydrogen-bond donors (Lipinski definition) is 3. The first-order chi connectivity index (χ1) is 13.8. The van der Waals surface area contributed by atoms with Gasteiger partial charge in [-0.1, -0.05) is 32.0 Å². The number of amides is 1. The average Bonchev–Trinajstić information content (AvgIpc) is 3.03. The molecule has 0 fully saturated rings. The molecule has 0 spiro atoms. The first kappa shape index (κ1) is 17.8. The van der Waals surface area contributed by atoms with Crippen LogP contribution in [0.1, 0.15) is 72.1 Å². The van der Waals surface area contributed by atoms with Crippen LogP contribution in [0.5, 0.6) is 0 Å². The van der Waals surface area contributed by atoms with E-state index in [0.29, 0.717) is 11.5 Å². The highest BCUT2D eigenvalue weighted by Crippen LogP contribution is 2.52. The number of H-pyrrole nitrogens is 2. The molecule has 0 bridgehead atoms. The van der Waals surface area contributed by atoms with Crippen molar-refractivity contribution in [1.29, 1.82) is 0 Å². The number of hydrogen-bond acceptors (Lipinski definition) is 4. The van der Waals surface area contributed by atoms with Crippen LogP contribution in [0, 0.1) is 0 Å².